The van der Waals surface area contributed by atoms with Gasteiger partial charge in [-0.1, -0.05) is 18.2 Å². The monoisotopic (exact) mass is 364 g/mol. The molecule has 2 aliphatic heterocycles. The average molecular weight is 364 g/mol. The number of hydrogen-bond acceptors (Lipinski definition) is 3. The van der Waals surface area contributed by atoms with Crippen LogP contribution in [0.1, 0.15) is 44.8 Å². The summed E-state index contributed by atoms with van der Waals surface area (Å²) >= 11 is 0. The quantitative estimate of drug-likeness (QED) is 0.604. The van der Waals surface area contributed by atoms with Crippen LogP contribution in [-0.4, -0.2) is 13.1 Å². The molecule has 3 aromatic carbocycles. The summed E-state index contributed by atoms with van der Waals surface area (Å²) in [5, 5.41) is 0. The molecule has 0 saturated heterocycles. The van der Waals surface area contributed by atoms with E-state index in [0.717, 1.165) is 28.3 Å². The highest BCUT2D eigenvalue weighted by atomic mass is 19.1. The van der Waals surface area contributed by atoms with Crippen molar-refractivity contribution in [1.29, 1.82) is 0 Å². The number of methoxy groups -OCH3 is 1. The van der Waals surface area contributed by atoms with E-state index < -0.39 is 17.6 Å². The van der Waals surface area contributed by atoms with Gasteiger partial charge in [0.1, 0.15) is 23.8 Å². The minimum absolute atomic E-state index is 0.196. The molecule has 3 nitrogen and oxygen atoms in total. The van der Waals surface area contributed by atoms with Gasteiger partial charge in [-0.05, 0) is 58.1 Å². The van der Waals surface area contributed by atoms with E-state index in [0.29, 0.717) is 16.7 Å². The number of ether oxygens (including phenoxy) is 2. The van der Waals surface area contributed by atoms with Gasteiger partial charge in [-0.3, -0.25) is 0 Å². The van der Waals surface area contributed by atoms with Gasteiger partial charge < -0.3 is 9.47 Å². The molecule has 0 fully saturated rings. The summed E-state index contributed by atoms with van der Waals surface area (Å²) in [4.78, 5) is 11.8. The number of carbonyl (C=O) groups excluding carboxylic acids is 1. The summed E-state index contributed by atoms with van der Waals surface area (Å²) < 4.78 is 38.3. The molecule has 0 N–H and O–H groups in total. The smallest absolute Gasteiger partial charge is 0.337 e. The van der Waals surface area contributed by atoms with Gasteiger partial charge in [0.15, 0.2) is 0 Å². The lowest BCUT2D eigenvalue weighted by Crippen LogP contribution is -2.07. The molecule has 2 heterocycles. The van der Waals surface area contributed by atoms with Crippen molar-refractivity contribution in [2.75, 3.05) is 7.11 Å². The molecule has 0 saturated carbocycles. The summed E-state index contributed by atoms with van der Waals surface area (Å²) in [6.07, 6.45) is -0.508. The maximum atomic E-state index is 14.2. The van der Waals surface area contributed by atoms with Crippen LogP contribution in [0.4, 0.5) is 8.78 Å². The molecular formula is C22H14F2O3. The maximum Gasteiger partial charge on any atom is 0.337 e. The number of benzene rings is 3. The van der Waals surface area contributed by atoms with E-state index >= 15 is 0 Å². The number of fused-ring (bicyclic) bond motifs is 8. The van der Waals surface area contributed by atoms with Gasteiger partial charge in [0, 0.05) is 11.6 Å². The Bertz CT molecular complexity index is 1110. The second kappa shape index (κ2) is 5.72. The summed E-state index contributed by atoms with van der Waals surface area (Å²) in [5.74, 6) is -1.61. The van der Waals surface area contributed by atoms with Crippen molar-refractivity contribution in [3.05, 3.63) is 94.0 Å². The van der Waals surface area contributed by atoms with Crippen LogP contribution in [0.15, 0.2) is 54.6 Å². The van der Waals surface area contributed by atoms with Gasteiger partial charge in [-0.15, -0.1) is 0 Å². The van der Waals surface area contributed by atoms with Gasteiger partial charge in [-0.25, -0.2) is 13.6 Å². The third-order valence-electron chi connectivity index (χ3n) is 5.24. The molecule has 0 aliphatic carbocycles. The van der Waals surface area contributed by atoms with E-state index in [1.54, 1.807) is 12.1 Å². The Labute approximate surface area is 154 Å². The Hall–Kier alpha value is -3.05. The van der Waals surface area contributed by atoms with Gasteiger partial charge in [0.05, 0.1) is 12.7 Å². The summed E-state index contributed by atoms with van der Waals surface area (Å²) in [6.45, 7) is 0. The first-order valence-corrected chi connectivity index (χ1v) is 8.53. The third-order valence-corrected chi connectivity index (χ3v) is 5.24. The SMILES string of the molecule is COC(=O)c1ccc2c(c1)[C@@H]1O[C@H]2c2ccc(-c3ccc(F)cc3F)cc21. The molecule has 0 amide bonds. The Morgan fingerprint density at radius 3 is 2.33 bits per heavy atom. The van der Waals surface area contributed by atoms with Gasteiger partial charge >= 0.3 is 5.97 Å². The molecule has 27 heavy (non-hydrogen) atoms. The Morgan fingerprint density at radius 1 is 0.889 bits per heavy atom. The van der Waals surface area contributed by atoms with Crippen LogP contribution in [0, 0.1) is 11.6 Å². The van der Waals surface area contributed by atoms with Crippen molar-refractivity contribution >= 4 is 5.97 Å². The summed E-state index contributed by atoms with van der Waals surface area (Å²) in [6, 6.07) is 14.6. The molecule has 0 aromatic heterocycles. The van der Waals surface area contributed by atoms with E-state index in [-0.39, 0.29) is 12.2 Å². The fourth-order valence-electron chi connectivity index (χ4n) is 3.98. The number of rotatable bonds is 2. The number of halogens is 2. The van der Waals surface area contributed by atoms with Crippen molar-refractivity contribution in [1.82, 2.24) is 0 Å². The van der Waals surface area contributed by atoms with Crippen LogP contribution in [0.2, 0.25) is 0 Å². The fourth-order valence-corrected chi connectivity index (χ4v) is 3.98. The van der Waals surface area contributed by atoms with Crippen LogP contribution in [0.25, 0.3) is 11.1 Å². The zero-order chi connectivity index (χ0) is 18.7. The van der Waals surface area contributed by atoms with Crippen molar-refractivity contribution in [3.8, 4) is 11.1 Å². The lowest BCUT2D eigenvalue weighted by molar-refractivity contribution is 0.0600. The molecule has 0 radical (unpaired) electrons. The van der Waals surface area contributed by atoms with Crippen molar-refractivity contribution in [2.45, 2.75) is 12.2 Å². The van der Waals surface area contributed by atoms with Gasteiger partial charge in [0.25, 0.3) is 0 Å². The topological polar surface area (TPSA) is 35.5 Å². The first-order valence-electron chi connectivity index (χ1n) is 8.53. The van der Waals surface area contributed by atoms with Crippen molar-refractivity contribution < 1.29 is 23.0 Å². The van der Waals surface area contributed by atoms with Crippen molar-refractivity contribution in [3.63, 3.8) is 0 Å². The van der Waals surface area contributed by atoms with Crippen LogP contribution in [0.5, 0.6) is 0 Å². The second-order valence-electron chi connectivity index (χ2n) is 6.70. The van der Waals surface area contributed by atoms with E-state index in [1.165, 1.54) is 19.2 Å². The van der Waals surface area contributed by atoms with E-state index in [2.05, 4.69) is 0 Å². The average Bonchev–Trinajstić information content (AvgIpc) is 3.23. The second-order valence-corrected chi connectivity index (χ2v) is 6.70. The molecule has 0 spiro atoms. The molecular weight excluding hydrogens is 350 g/mol. The summed E-state index contributed by atoms with van der Waals surface area (Å²) in [7, 11) is 1.34. The molecule has 3 aromatic rings. The van der Waals surface area contributed by atoms with Crippen LogP contribution in [-0.2, 0) is 9.47 Å². The zero-order valence-electron chi connectivity index (χ0n) is 14.3. The van der Waals surface area contributed by atoms with Crippen molar-refractivity contribution in [2.24, 2.45) is 0 Å². The predicted octanol–water partition coefficient (Wildman–Crippen LogP) is 4.94. The number of carbonyl (C=O) groups is 1. The fraction of sp³-hybridized carbons (Fsp3) is 0.136. The zero-order valence-corrected chi connectivity index (χ0v) is 14.3. The Balaban J connectivity index is 1.59. The predicted molar refractivity (Wildman–Crippen MR) is 94.3 cm³/mol. The van der Waals surface area contributed by atoms with E-state index in [1.807, 2.05) is 24.3 Å². The minimum atomic E-state index is -0.607. The molecule has 5 heteroatoms. The maximum absolute atomic E-state index is 14.2. The highest BCUT2D eigenvalue weighted by molar-refractivity contribution is 5.90. The molecule has 2 bridgehead atoms. The molecule has 134 valence electrons. The van der Waals surface area contributed by atoms with Crippen LogP contribution >= 0.6 is 0 Å². The standard InChI is InChI=1S/C22H14F2O3/c1-26-22(25)12-3-6-16-18(9-12)21-17-8-11(2-5-15(17)20(16)27-21)14-7-4-13(23)10-19(14)24/h2-10,20-21H,1H3/t20-,21+/m0/s1. The largest absolute Gasteiger partial charge is 0.465 e. The number of hydrogen-bond donors (Lipinski definition) is 0. The molecule has 2 aliphatic rings. The molecule has 2 atom stereocenters. The highest BCUT2D eigenvalue weighted by Gasteiger charge is 2.43. The molecule has 0 unspecified atom stereocenters. The lowest BCUT2D eigenvalue weighted by atomic mass is 9.84. The van der Waals surface area contributed by atoms with E-state index in [9.17, 15) is 13.6 Å². The third kappa shape index (κ3) is 2.32. The lowest BCUT2D eigenvalue weighted by Gasteiger charge is -2.17. The van der Waals surface area contributed by atoms with E-state index in [4.69, 9.17) is 9.47 Å². The Kier molecular flexibility index (Phi) is 3.42. The molecule has 5 rings (SSSR count). The normalized spacial score (nSPS) is 18.9. The first kappa shape index (κ1) is 16.1. The highest BCUT2D eigenvalue weighted by Crippen LogP contribution is 2.54. The number of esters is 1. The minimum Gasteiger partial charge on any atom is -0.465 e. The Morgan fingerprint density at radius 2 is 1.59 bits per heavy atom. The van der Waals surface area contributed by atoms with Crippen LogP contribution < -0.4 is 0 Å². The van der Waals surface area contributed by atoms with Gasteiger partial charge in [-0.2, -0.15) is 0 Å². The van der Waals surface area contributed by atoms with Crippen LogP contribution in [0.3, 0.4) is 0 Å². The van der Waals surface area contributed by atoms with Gasteiger partial charge in [0.2, 0.25) is 0 Å². The summed E-state index contributed by atoms with van der Waals surface area (Å²) in [5.41, 5.74) is 5.39. The first-order chi connectivity index (χ1) is 13.1.